The summed E-state index contributed by atoms with van der Waals surface area (Å²) >= 11 is 1.79. The van der Waals surface area contributed by atoms with Crippen molar-refractivity contribution in [3.63, 3.8) is 0 Å². The van der Waals surface area contributed by atoms with Crippen LogP contribution in [-0.4, -0.2) is 26.4 Å². The number of anilines is 2. The SMILES string of the molecule is CCN1/C(=C/C2(C)CC/C(=C/CCc3ccc(N(C)C)cc3)C2=O)Sc2ccccc21. The van der Waals surface area contributed by atoms with Crippen molar-refractivity contribution in [1.82, 2.24) is 0 Å². The van der Waals surface area contributed by atoms with E-state index in [2.05, 4.69) is 98.4 Å². The smallest absolute Gasteiger partial charge is 0.168 e. The average molecular weight is 433 g/mol. The van der Waals surface area contributed by atoms with Gasteiger partial charge in [-0.1, -0.05) is 42.1 Å². The van der Waals surface area contributed by atoms with Gasteiger partial charge in [0.05, 0.1) is 16.1 Å². The Labute approximate surface area is 190 Å². The largest absolute Gasteiger partial charge is 0.378 e. The number of rotatable bonds is 6. The lowest BCUT2D eigenvalue weighted by molar-refractivity contribution is -0.120. The molecule has 0 amide bonds. The number of carbonyl (C=O) groups is 1. The van der Waals surface area contributed by atoms with Gasteiger partial charge >= 0.3 is 0 Å². The zero-order valence-corrected chi connectivity index (χ0v) is 19.8. The summed E-state index contributed by atoms with van der Waals surface area (Å²) in [6, 6.07) is 17.2. The maximum Gasteiger partial charge on any atom is 0.168 e. The molecule has 0 spiro atoms. The molecule has 0 radical (unpaired) electrons. The van der Waals surface area contributed by atoms with Crippen molar-refractivity contribution in [3.8, 4) is 0 Å². The Kier molecular flexibility index (Phi) is 6.29. The highest BCUT2D eigenvalue weighted by Crippen LogP contribution is 2.49. The molecule has 0 N–H and O–H groups in total. The lowest BCUT2D eigenvalue weighted by atomic mass is 9.87. The summed E-state index contributed by atoms with van der Waals surface area (Å²) in [5.41, 5.74) is 4.39. The van der Waals surface area contributed by atoms with Gasteiger partial charge in [0.1, 0.15) is 0 Å². The van der Waals surface area contributed by atoms with E-state index in [1.54, 1.807) is 11.8 Å². The van der Waals surface area contributed by atoms with Gasteiger partial charge in [0, 0.05) is 31.2 Å². The van der Waals surface area contributed by atoms with Crippen LogP contribution in [0.25, 0.3) is 0 Å². The quantitative estimate of drug-likeness (QED) is 0.489. The molecule has 4 rings (SSSR count). The normalized spacial score (nSPS) is 23.1. The van der Waals surface area contributed by atoms with Gasteiger partial charge in [-0.3, -0.25) is 4.79 Å². The van der Waals surface area contributed by atoms with Crippen molar-refractivity contribution < 1.29 is 4.79 Å². The second-order valence-corrected chi connectivity index (χ2v) is 9.93. The lowest BCUT2D eigenvalue weighted by Gasteiger charge is -2.23. The second kappa shape index (κ2) is 8.96. The van der Waals surface area contributed by atoms with Crippen molar-refractivity contribution in [2.45, 2.75) is 44.4 Å². The van der Waals surface area contributed by atoms with Gasteiger partial charge in [-0.15, -0.1) is 0 Å². The number of ketones is 1. The highest BCUT2D eigenvalue weighted by atomic mass is 32.2. The van der Waals surface area contributed by atoms with E-state index in [0.29, 0.717) is 5.78 Å². The maximum atomic E-state index is 13.3. The van der Waals surface area contributed by atoms with Crippen molar-refractivity contribution in [2.75, 3.05) is 30.4 Å². The summed E-state index contributed by atoms with van der Waals surface area (Å²) < 4.78 is 0. The van der Waals surface area contributed by atoms with Crippen LogP contribution >= 0.6 is 11.8 Å². The fraction of sp³-hybridized carbons (Fsp3) is 0.370. The topological polar surface area (TPSA) is 23.6 Å². The summed E-state index contributed by atoms with van der Waals surface area (Å²) in [4.78, 5) is 19.0. The third-order valence-electron chi connectivity index (χ3n) is 6.40. The fourth-order valence-corrected chi connectivity index (χ4v) is 5.76. The Bertz CT molecular complexity index is 1020. The molecule has 3 nitrogen and oxygen atoms in total. The summed E-state index contributed by atoms with van der Waals surface area (Å²) in [6.07, 6.45) is 8.06. The summed E-state index contributed by atoms with van der Waals surface area (Å²) in [5, 5.41) is 1.20. The van der Waals surface area contributed by atoms with Crippen LogP contribution in [0.4, 0.5) is 11.4 Å². The summed E-state index contributed by atoms with van der Waals surface area (Å²) in [7, 11) is 4.11. The molecule has 2 aromatic rings. The van der Waals surface area contributed by atoms with Crippen LogP contribution < -0.4 is 9.80 Å². The number of fused-ring (bicyclic) bond motifs is 1. The van der Waals surface area contributed by atoms with Gasteiger partial charge < -0.3 is 9.80 Å². The number of hydrogen-bond donors (Lipinski definition) is 0. The highest BCUT2D eigenvalue weighted by Gasteiger charge is 2.40. The Morgan fingerprint density at radius 1 is 1.13 bits per heavy atom. The van der Waals surface area contributed by atoms with E-state index in [0.717, 1.165) is 37.8 Å². The molecule has 2 aromatic carbocycles. The van der Waals surface area contributed by atoms with Crippen molar-refractivity contribution in [3.05, 3.63) is 76.8 Å². The molecule has 1 saturated carbocycles. The van der Waals surface area contributed by atoms with Crippen LogP contribution in [0.1, 0.15) is 38.7 Å². The molecule has 0 aromatic heterocycles. The molecule has 1 aliphatic carbocycles. The molecule has 1 fully saturated rings. The van der Waals surface area contributed by atoms with E-state index in [-0.39, 0.29) is 0 Å². The number of benzene rings is 2. The first kappa shape index (κ1) is 21.8. The molecule has 31 heavy (non-hydrogen) atoms. The van der Waals surface area contributed by atoms with Crippen molar-refractivity contribution >= 4 is 28.9 Å². The molecule has 0 saturated heterocycles. The van der Waals surface area contributed by atoms with Crippen LogP contribution in [0.5, 0.6) is 0 Å². The van der Waals surface area contributed by atoms with E-state index in [1.165, 1.54) is 26.9 Å². The number of nitrogens with zero attached hydrogens (tertiary/aromatic N) is 2. The molecule has 2 aliphatic rings. The third kappa shape index (κ3) is 4.45. The Morgan fingerprint density at radius 2 is 1.87 bits per heavy atom. The van der Waals surface area contributed by atoms with Crippen molar-refractivity contribution in [2.24, 2.45) is 5.41 Å². The number of aryl methyl sites for hydroxylation is 1. The molecular weight excluding hydrogens is 400 g/mol. The average Bonchev–Trinajstić information content (AvgIpc) is 3.25. The Hall–Kier alpha value is -2.46. The second-order valence-electron chi connectivity index (χ2n) is 8.87. The van der Waals surface area contributed by atoms with E-state index < -0.39 is 5.41 Å². The van der Waals surface area contributed by atoms with Crippen LogP contribution in [-0.2, 0) is 11.2 Å². The molecule has 1 aliphatic heterocycles. The predicted octanol–water partition coefficient (Wildman–Crippen LogP) is 6.45. The van der Waals surface area contributed by atoms with Crippen LogP contribution in [0.2, 0.25) is 0 Å². The summed E-state index contributed by atoms with van der Waals surface area (Å²) in [5.74, 6) is 0.301. The van der Waals surface area contributed by atoms with Gasteiger partial charge in [0.15, 0.2) is 5.78 Å². The van der Waals surface area contributed by atoms with Gasteiger partial charge in [-0.2, -0.15) is 0 Å². The summed E-state index contributed by atoms with van der Waals surface area (Å²) in [6.45, 7) is 5.20. The first-order chi connectivity index (χ1) is 14.9. The molecular formula is C27H32N2OS. The minimum absolute atomic E-state index is 0.301. The zero-order valence-electron chi connectivity index (χ0n) is 19.0. The Morgan fingerprint density at radius 3 is 2.58 bits per heavy atom. The molecule has 1 atom stereocenters. The first-order valence-electron chi connectivity index (χ1n) is 11.2. The van der Waals surface area contributed by atoms with E-state index in [9.17, 15) is 4.79 Å². The van der Waals surface area contributed by atoms with Gasteiger partial charge in [-0.05, 0) is 81.0 Å². The zero-order chi connectivity index (χ0) is 22.0. The minimum atomic E-state index is -0.406. The monoisotopic (exact) mass is 432 g/mol. The number of hydrogen-bond acceptors (Lipinski definition) is 4. The van der Waals surface area contributed by atoms with Crippen molar-refractivity contribution in [1.29, 1.82) is 0 Å². The molecule has 1 heterocycles. The first-order valence-corrected chi connectivity index (χ1v) is 12.0. The third-order valence-corrected chi connectivity index (χ3v) is 7.51. The minimum Gasteiger partial charge on any atom is -0.378 e. The van der Waals surface area contributed by atoms with Gasteiger partial charge in [0.25, 0.3) is 0 Å². The van der Waals surface area contributed by atoms with E-state index in [1.807, 2.05) is 0 Å². The van der Waals surface area contributed by atoms with E-state index in [4.69, 9.17) is 0 Å². The molecule has 4 heteroatoms. The van der Waals surface area contributed by atoms with Gasteiger partial charge in [-0.25, -0.2) is 0 Å². The van der Waals surface area contributed by atoms with Crippen LogP contribution in [0.15, 0.2) is 76.2 Å². The van der Waals surface area contributed by atoms with Gasteiger partial charge in [0.2, 0.25) is 0 Å². The number of carbonyl (C=O) groups excluding carboxylic acids is 1. The number of thioether (sulfide) groups is 1. The van der Waals surface area contributed by atoms with Crippen LogP contribution in [0.3, 0.4) is 0 Å². The molecule has 0 bridgehead atoms. The molecule has 1 unspecified atom stereocenters. The number of para-hydroxylation sites is 1. The van der Waals surface area contributed by atoms with Crippen LogP contribution in [0, 0.1) is 5.41 Å². The van der Waals surface area contributed by atoms with E-state index >= 15 is 0 Å². The predicted molar refractivity (Wildman–Crippen MR) is 133 cm³/mol. The fourth-order valence-electron chi connectivity index (χ4n) is 4.45. The molecule has 162 valence electrons. The number of Topliss-reactive ketones (excluding diaryl/α,β-unsaturated/α-hetero) is 1. The lowest BCUT2D eigenvalue weighted by Crippen LogP contribution is -2.24. The highest BCUT2D eigenvalue weighted by molar-refractivity contribution is 8.03. The number of allylic oxidation sites excluding steroid dienone is 3. The standard InChI is InChI=1S/C27H32N2OS/c1-5-29-23-11-6-7-12-24(23)31-25(29)19-27(2)18-17-21(26(27)30)10-8-9-20-13-15-22(16-14-20)28(3)4/h6-7,10-16,19H,5,8-9,17-18H2,1-4H3/b21-10-,25-19-. The Balaban J connectivity index is 1.44. The maximum absolute atomic E-state index is 13.3.